The summed E-state index contributed by atoms with van der Waals surface area (Å²) in [6.45, 7) is 2.29. The normalized spacial score (nSPS) is 10.5. The van der Waals surface area contributed by atoms with Crippen LogP contribution in [0.15, 0.2) is 97.3 Å². The molecule has 2 amide bonds. The summed E-state index contributed by atoms with van der Waals surface area (Å²) in [6.07, 6.45) is 3.23. The van der Waals surface area contributed by atoms with Crippen LogP contribution >= 0.6 is 0 Å². The second-order valence-corrected chi connectivity index (χ2v) is 8.36. The van der Waals surface area contributed by atoms with E-state index in [-0.39, 0.29) is 6.03 Å². The second kappa shape index (κ2) is 10.5. The van der Waals surface area contributed by atoms with Crippen LogP contribution in [0.2, 0.25) is 0 Å². The van der Waals surface area contributed by atoms with Gasteiger partial charge in [-0.1, -0.05) is 48.5 Å². The number of rotatable bonds is 7. The summed E-state index contributed by atoms with van der Waals surface area (Å²) < 4.78 is 7.52. The number of nitrogens with one attached hydrogen (secondary N) is 3. The lowest BCUT2D eigenvalue weighted by Crippen LogP contribution is -2.28. The third-order valence-corrected chi connectivity index (χ3v) is 5.82. The first-order valence-corrected chi connectivity index (χ1v) is 11.7. The molecule has 2 heterocycles. The number of urea groups is 1. The van der Waals surface area contributed by atoms with Crippen molar-refractivity contribution in [3.63, 3.8) is 0 Å². The summed E-state index contributed by atoms with van der Waals surface area (Å²) >= 11 is 0. The van der Waals surface area contributed by atoms with Gasteiger partial charge in [-0.3, -0.25) is 0 Å². The zero-order chi connectivity index (χ0) is 25.6. The van der Waals surface area contributed by atoms with Crippen molar-refractivity contribution >= 4 is 28.6 Å². The summed E-state index contributed by atoms with van der Waals surface area (Å²) in [5, 5.41) is 23.2. The van der Waals surface area contributed by atoms with Crippen LogP contribution in [-0.2, 0) is 6.54 Å². The fraction of sp³-hybridized carbons (Fsp3) is 0.0690. The van der Waals surface area contributed by atoms with Crippen molar-refractivity contribution in [1.29, 1.82) is 5.26 Å². The zero-order valence-electron chi connectivity index (χ0n) is 20.1. The molecule has 5 aromatic rings. The number of fused-ring (bicyclic) bond motifs is 1. The predicted molar refractivity (Wildman–Crippen MR) is 143 cm³/mol. The molecule has 5 rings (SSSR count). The molecular weight excluding hydrogens is 464 g/mol. The summed E-state index contributed by atoms with van der Waals surface area (Å²) in [6, 6.07) is 28.6. The van der Waals surface area contributed by atoms with Gasteiger partial charge in [-0.15, -0.1) is 0 Å². The maximum absolute atomic E-state index is 12.5. The van der Waals surface area contributed by atoms with Crippen molar-refractivity contribution in [2.24, 2.45) is 0 Å². The molecule has 2 aromatic heterocycles. The van der Waals surface area contributed by atoms with Crippen molar-refractivity contribution in [1.82, 2.24) is 14.9 Å². The molecule has 182 valence electrons. The average Bonchev–Trinajstić information content (AvgIpc) is 3.25. The minimum Gasteiger partial charge on any atom is -0.457 e. The van der Waals surface area contributed by atoms with Crippen LogP contribution in [0.25, 0.3) is 5.52 Å². The number of aryl methyl sites for hydroxylation is 1. The van der Waals surface area contributed by atoms with E-state index in [1.165, 1.54) is 6.20 Å². The van der Waals surface area contributed by atoms with Crippen LogP contribution in [0, 0.1) is 18.3 Å². The highest BCUT2D eigenvalue weighted by Gasteiger charge is 2.17. The molecule has 0 saturated heterocycles. The van der Waals surface area contributed by atoms with Crippen LogP contribution in [0.4, 0.5) is 21.9 Å². The molecule has 3 aromatic carbocycles. The Bertz CT molecular complexity index is 1570. The fourth-order valence-electron chi connectivity index (χ4n) is 3.95. The molecule has 3 N–H and O–H groups in total. The first-order chi connectivity index (χ1) is 18.1. The molecule has 0 aliphatic carbocycles. The van der Waals surface area contributed by atoms with Crippen molar-refractivity contribution in [3.8, 4) is 17.6 Å². The molecule has 0 aliphatic heterocycles. The molecule has 8 heteroatoms. The largest absolute Gasteiger partial charge is 0.457 e. The number of nitriles is 1. The number of amides is 2. The lowest BCUT2D eigenvalue weighted by atomic mass is 10.1. The molecule has 0 radical (unpaired) electrons. The third-order valence-electron chi connectivity index (χ3n) is 5.82. The Labute approximate surface area is 214 Å². The van der Waals surface area contributed by atoms with E-state index in [1.54, 1.807) is 10.7 Å². The summed E-state index contributed by atoms with van der Waals surface area (Å²) in [7, 11) is 0. The number of carbonyl (C=O) groups excluding carboxylic acids is 1. The van der Waals surface area contributed by atoms with Gasteiger partial charge in [-0.05, 0) is 48.9 Å². The SMILES string of the molecule is Cc1c(NC(=O)NCc2ccccc2)cn2ncc(C#N)c(Nc3ccc(Oc4ccccc4)cc3)c12. The standard InChI is InChI=1S/C29H24N6O2/c1-20-26(34-29(36)31-17-21-8-4-2-5-9-21)19-35-28(20)27(22(16-30)18-32-35)33-23-12-14-25(15-13-23)37-24-10-6-3-7-11-24/h2-15,18-19,33H,17H2,1H3,(H2,31,34,36). The van der Waals surface area contributed by atoms with E-state index in [2.05, 4.69) is 27.1 Å². The van der Waals surface area contributed by atoms with Crippen LogP contribution < -0.4 is 20.7 Å². The van der Waals surface area contributed by atoms with E-state index in [0.29, 0.717) is 34.7 Å². The maximum Gasteiger partial charge on any atom is 0.319 e. The summed E-state index contributed by atoms with van der Waals surface area (Å²) in [5.74, 6) is 1.45. The second-order valence-electron chi connectivity index (χ2n) is 8.36. The molecule has 8 nitrogen and oxygen atoms in total. The number of para-hydroxylation sites is 1. The van der Waals surface area contributed by atoms with Gasteiger partial charge in [0.2, 0.25) is 0 Å². The Kier molecular flexibility index (Phi) is 6.68. The van der Waals surface area contributed by atoms with E-state index in [9.17, 15) is 10.1 Å². The van der Waals surface area contributed by atoms with E-state index >= 15 is 0 Å². The van der Waals surface area contributed by atoms with Crippen molar-refractivity contribution in [2.45, 2.75) is 13.5 Å². The summed E-state index contributed by atoms with van der Waals surface area (Å²) in [5.41, 5.74) is 4.85. The lowest BCUT2D eigenvalue weighted by Gasteiger charge is -2.12. The molecule has 0 bridgehead atoms. The van der Waals surface area contributed by atoms with Crippen LogP contribution in [0.1, 0.15) is 16.7 Å². The number of nitrogens with zero attached hydrogens (tertiary/aromatic N) is 3. The van der Waals surface area contributed by atoms with Crippen LogP contribution in [0.5, 0.6) is 11.5 Å². The highest BCUT2D eigenvalue weighted by Crippen LogP contribution is 2.33. The van der Waals surface area contributed by atoms with Crippen LogP contribution in [0.3, 0.4) is 0 Å². The van der Waals surface area contributed by atoms with Gasteiger partial charge in [-0.2, -0.15) is 10.4 Å². The zero-order valence-corrected chi connectivity index (χ0v) is 20.1. The Hall–Kier alpha value is -5.29. The number of anilines is 3. The molecular formula is C29H24N6O2. The number of hydrogen-bond acceptors (Lipinski definition) is 5. The topological polar surface area (TPSA) is 103 Å². The first kappa shape index (κ1) is 23.5. The predicted octanol–water partition coefficient (Wildman–Crippen LogP) is 6.37. The average molecular weight is 489 g/mol. The molecule has 0 aliphatic rings. The Morgan fingerprint density at radius 1 is 0.973 bits per heavy atom. The Morgan fingerprint density at radius 2 is 1.65 bits per heavy atom. The van der Waals surface area contributed by atoms with Gasteiger partial charge < -0.3 is 20.7 Å². The van der Waals surface area contributed by atoms with Crippen molar-refractivity contribution in [2.75, 3.05) is 10.6 Å². The van der Waals surface area contributed by atoms with Gasteiger partial charge in [0, 0.05) is 17.8 Å². The molecule has 0 unspecified atom stereocenters. The van der Waals surface area contributed by atoms with Crippen LogP contribution in [-0.4, -0.2) is 15.6 Å². The fourth-order valence-corrected chi connectivity index (χ4v) is 3.95. The molecule has 0 fully saturated rings. The minimum absolute atomic E-state index is 0.327. The first-order valence-electron chi connectivity index (χ1n) is 11.7. The number of hydrogen-bond donors (Lipinski definition) is 3. The van der Waals surface area contributed by atoms with Gasteiger partial charge in [0.1, 0.15) is 17.6 Å². The Balaban J connectivity index is 1.36. The van der Waals surface area contributed by atoms with E-state index in [1.807, 2.05) is 91.9 Å². The minimum atomic E-state index is -0.327. The van der Waals surface area contributed by atoms with E-state index in [4.69, 9.17) is 4.74 Å². The van der Waals surface area contributed by atoms with Crippen molar-refractivity contribution < 1.29 is 9.53 Å². The molecule has 0 spiro atoms. The molecule has 0 saturated carbocycles. The maximum atomic E-state index is 12.5. The quantitative estimate of drug-likeness (QED) is 0.247. The third kappa shape index (κ3) is 5.36. The monoisotopic (exact) mass is 488 g/mol. The Morgan fingerprint density at radius 3 is 2.35 bits per heavy atom. The molecule has 0 atom stereocenters. The van der Waals surface area contributed by atoms with E-state index in [0.717, 1.165) is 22.6 Å². The highest BCUT2D eigenvalue weighted by atomic mass is 16.5. The van der Waals surface area contributed by atoms with Crippen molar-refractivity contribution in [3.05, 3.63) is 114 Å². The van der Waals surface area contributed by atoms with E-state index < -0.39 is 0 Å². The van der Waals surface area contributed by atoms with Gasteiger partial charge in [0.25, 0.3) is 0 Å². The smallest absolute Gasteiger partial charge is 0.319 e. The number of carbonyl (C=O) groups is 1. The number of aromatic nitrogens is 2. The van der Waals surface area contributed by atoms with Gasteiger partial charge in [-0.25, -0.2) is 9.31 Å². The van der Waals surface area contributed by atoms with Gasteiger partial charge >= 0.3 is 6.03 Å². The van der Waals surface area contributed by atoms with Gasteiger partial charge in [0.05, 0.1) is 34.8 Å². The van der Waals surface area contributed by atoms with Gasteiger partial charge in [0.15, 0.2) is 0 Å². The lowest BCUT2D eigenvalue weighted by molar-refractivity contribution is 0.251. The molecule has 37 heavy (non-hydrogen) atoms. The number of ether oxygens (including phenoxy) is 1. The highest BCUT2D eigenvalue weighted by molar-refractivity contribution is 5.94. The summed E-state index contributed by atoms with van der Waals surface area (Å²) in [4.78, 5) is 12.5. The number of benzene rings is 3.